The van der Waals surface area contributed by atoms with Gasteiger partial charge in [0.15, 0.2) is 0 Å². The minimum atomic E-state index is -0.446. The number of nitrogen functional groups attached to an aromatic ring is 1. The fourth-order valence-corrected chi connectivity index (χ4v) is 1.63. The first-order chi connectivity index (χ1) is 9.10. The highest BCUT2D eigenvalue weighted by molar-refractivity contribution is 5.92. The maximum absolute atomic E-state index is 11.9. The topological polar surface area (TPSA) is 61.5 Å². The lowest BCUT2D eigenvalue weighted by molar-refractivity contribution is 0.0735. The van der Waals surface area contributed by atoms with Crippen molar-refractivity contribution in [3.8, 4) is 11.5 Å². The first kappa shape index (κ1) is 13.0. The number of ether oxygens (including phenoxy) is 2. The maximum atomic E-state index is 11.9. The summed E-state index contributed by atoms with van der Waals surface area (Å²) in [7, 11) is 1.52. The van der Waals surface area contributed by atoms with Gasteiger partial charge in [-0.2, -0.15) is 0 Å². The molecule has 0 aromatic heterocycles. The number of benzene rings is 2. The molecule has 4 nitrogen and oxygen atoms in total. The zero-order valence-electron chi connectivity index (χ0n) is 10.8. The van der Waals surface area contributed by atoms with E-state index >= 15 is 0 Å². The van der Waals surface area contributed by atoms with Gasteiger partial charge in [-0.15, -0.1) is 0 Å². The Morgan fingerprint density at radius 2 is 1.79 bits per heavy atom. The summed E-state index contributed by atoms with van der Waals surface area (Å²) in [5.74, 6) is 0.593. The number of carbonyl (C=O) groups is 1. The Morgan fingerprint density at radius 1 is 1.11 bits per heavy atom. The summed E-state index contributed by atoms with van der Waals surface area (Å²) in [6, 6.07) is 12.1. The van der Waals surface area contributed by atoms with Gasteiger partial charge in [-0.1, -0.05) is 17.7 Å². The molecule has 0 amide bonds. The molecule has 0 aliphatic carbocycles. The van der Waals surface area contributed by atoms with E-state index in [-0.39, 0.29) is 0 Å². The normalized spacial score (nSPS) is 10.0. The summed E-state index contributed by atoms with van der Waals surface area (Å²) >= 11 is 0. The molecule has 0 atom stereocenters. The number of aryl methyl sites for hydroxylation is 1. The van der Waals surface area contributed by atoms with Crippen LogP contribution in [0, 0.1) is 6.92 Å². The number of rotatable bonds is 3. The average molecular weight is 257 g/mol. The fraction of sp³-hybridized carbons (Fsp3) is 0.133. The Kier molecular flexibility index (Phi) is 3.71. The van der Waals surface area contributed by atoms with Crippen LogP contribution in [0.4, 0.5) is 5.69 Å². The molecule has 2 rings (SSSR count). The number of carbonyl (C=O) groups excluding carboxylic acids is 1. The lowest BCUT2D eigenvalue weighted by atomic mass is 10.2. The molecule has 2 aromatic rings. The Hall–Kier alpha value is -2.49. The second-order valence-electron chi connectivity index (χ2n) is 4.16. The minimum Gasteiger partial charge on any atom is -0.495 e. The third-order valence-electron chi connectivity index (χ3n) is 2.70. The van der Waals surface area contributed by atoms with Gasteiger partial charge in [-0.05, 0) is 37.3 Å². The van der Waals surface area contributed by atoms with Crippen LogP contribution in [0.3, 0.4) is 0 Å². The predicted molar refractivity (Wildman–Crippen MR) is 73.5 cm³/mol. The van der Waals surface area contributed by atoms with Crippen LogP contribution in [0.5, 0.6) is 11.5 Å². The molecule has 0 heterocycles. The van der Waals surface area contributed by atoms with E-state index in [4.69, 9.17) is 15.2 Å². The van der Waals surface area contributed by atoms with E-state index < -0.39 is 5.97 Å². The average Bonchev–Trinajstić information content (AvgIpc) is 2.41. The van der Waals surface area contributed by atoms with Crippen molar-refractivity contribution in [3.05, 3.63) is 53.6 Å². The van der Waals surface area contributed by atoms with Gasteiger partial charge in [-0.25, -0.2) is 4.79 Å². The molecular weight excluding hydrogens is 242 g/mol. The molecule has 0 spiro atoms. The SMILES string of the molecule is COc1ccc(C(=O)Oc2ccc(C)cc2)cc1N. The highest BCUT2D eigenvalue weighted by Crippen LogP contribution is 2.23. The fourth-order valence-electron chi connectivity index (χ4n) is 1.63. The van der Waals surface area contributed by atoms with E-state index in [0.717, 1.165) is 5.56 Å². The molecule has 0 radical (unpaired) electrons. The third-order valence-corrected chi connectivity index (χ3v) is 2.70. The second kappa shape index (κ2) is 5.44. The van der Waals surface area contributed by atoms with Crippen molar-refractivity contribution < 1.29 is 14.3 Å². The van der Waals surface area contributed by atoms with E-state index in [1.807, 2.05) is 19.1 Å². The summed E-state index contributed by atoms with van der Waals surface area (Å²) < 4.78 is 10.3. The number of hydrogen-bond acceptors (Lipinski definition) is 4. The molecule has 0 unspecified atom stereocenters. The number of esters is 1. The van der Waals surface area contributed by atoms with E-state index in [1.54, 1.807) is 24.3 Å². The quantitative estimate of drug-likeness (QED) is 0.522. The summed E-state index contributed by atoms with van der Waals surface area (Å²) in [6.45, 7) is 1.97. The number of anilines is 1. The van der Waals surface area contributed by atoms with Crippen LogP contribution >= 0.6 is 0 Å². The van der Waals surface area contributed by atoms with E-state index in [1.165, 1.54) is 13.2 Å². The Bertz CT molecular complexity index is 591. The lowest BCUT2D eigenvalue weighted by Crippen LogP contribution is -2.09. The molecule has 0 aliphatic heterocycles. The van der Waals surface area contributed by atoms with Crippen molar-refractivity contribution in [1.82, 2.24) is 0 Å². The van der Waals surface area contributed by atoms with Gasteiger partial charge in [0, 0.05) is 0 Å². The summed E-state index contributed by atoms with van der Waals surface area (Å²) in [4.78, 5) is 11.9. The Balaban J connectivity index is 2.16. The molecule has 2 N–H and O–H groups in total. The number of methoxy groups -OCH3 is 1. The molecule has 98 valence electrons. The van der Waals surface area contributed by atoms with Crippen molar-refractivity contribution in [2.45, 2.75) is 6.92 Å². The van der Waals surface area contributed by atoms with Gasteiger partial charge in [0.1, 0.15) is 11.5 Å². The highest BCUT2D eigenvalue weighted by atomic mass is 16.5. The Labute approximate surface area is 111 Å². The maximum Gasteiger partial charge on any atom is 0.343 e. The van der Waals surface area contributed by atoms with Crippen molar-refractivity contribution >= 4 is 11.7 Å². The minimum absolute atomic E-state index is 0.388. The molecule has 2 aromatic carbocycles. The molecule has 0 fully saturated rings. The molecule has 0 saturated heterocycles. The van der Waals surface area contributed by atoms with Crippen LogP contribution < -0.4 is 15.2 Å². The first-order valence-corrected chi connectivity index (χ1v) is 5.82. The van der Waals surface area contributed by atoms with Crippen LogP contribution in [0.2, 0.25) is 0 Å². The summed E-state index contributed by atoms with van der Waals surface area (Å²) in [5.41, 5.74) is 7.65. The van der Waals surface area contributed by atoms with E-state index in [2.05, 4.69) is 0 Å². The molecule has 0 saturated carbocycles. The van der Waals surface area contributed by atoms with Crippen LogP contribution in [0.25, 0.3) is 0 Å². The van der Waals surface area contributed by atoms with Crippen LogP contribution in [-0.2, 0) is 0 Å². The third kappa shape index (κ3) is 3.04. The zero-order valence-corrected chi connectivity index (χ0v) is 10.8. The van der Waals surface area contributed by atoms with Crippen molar-refractivity contribution in [2.24, 2.45) is 0 Å². The molecule has 4 heteroatoms. The highest BCUT2D eigenvalue weighted by Gasteiger charge is 2.10. The van der Waals surface area contributed by atoms with Gasteiger partial charge in [-0.3, -0.25) is 0 Å². The standard InChI is InChI=1S/C15H15NO3/c1-10-3-6-12(7-4-10)19-15(17)11-5-8-14(18-2)13(16)9-11/h3-9H,16H2,1-2H3. The van der Waals surface area contributed by atoms with E-state index in [9.17, 15) is 4.79 Å². The number of nitrogens with two attached hydrogens (primary N) is 1. The van der Waals surface area contributed by atoms with Crippen LogP contribution in [-0.4, -0.2) is 13.1 Å². The molecule has 19 heavy (non-hydrogen) atoms. The predicted octanol–water partition coefficient (Wildman–Crippen LogP) is 2.81. The zero-order chi connectivity index (χ0) is 13.8. The molecular formula is C15H15NO3. The smallest absolute Gasteiger partial charge is 0.343 e. The van der Waals surface area contributed by atoms with Gasteiger partial charge in [0.05, 0.1) is 18.4 Å². The summed E-state index contributed by atoms with van der Waals surface area (Å²) in [6.07, 6.45) is 0. The lowest BCUT2D eigenvalue weighted by Gasteiger charge is -2.07. The largest absolute Gasteiger partial charge is 0.495 e. The van der Waals surface area contributed by atoms with E-state index in [0.29, 0.717) is 22.7 Å². The van der Waals surface area contributed by atoms with Crippen molar-refractivity contribution in [2.75, 3.05) is 12.8 Å². The van der Waals surface area contributed by atoms with Crippen molar-refractivity contribution in [1.29, 1.82) is 0 Å². The monoisotopic (exact) mass is 257 g/mol. The van der Waals surface area contributed by atoms with Gasteiger partial charge in [0.2, 0.25) is 0 Å². The second-order valence-corrected chi connectivity index (χ2v) is 4.16. The van der Waals surface area contributed by atoms with Gasteiger partial charge < -0.3 is 15.2 Å². The van der Waals surface area contributed by atoms with Gasteiger partial charge >= 0.3 is 5.97 Å². The van der Waals surface area contributed by atoms with Crippen LogP contribution in [0.1, 0.15) is 15.9 Å². The van der Waals surface area contributed by atoms with Crippen molar-refractivity contribution in [3.63, 3.8) is 0 Å². The van der Waals surface area contributed by atoms with Crippen LogP contribution in [0.15, 0.2) is 42.5 Å². The Morgan fingerprint density at radius 3 is 2.37 bits per heavy atom. The number of hydrogen-bond donors (Lipinski definition) is 1. The van der Waals surface area contributed by atoms with Gasteiger partial charge in [0.25, 0.3) is 0 Å². The first-order valence-electron chi connectivity index (χ1n) is 5.82. The molecule has 0 aliphatic rings. The summed E-state index contributed by atoms with van der Waals surface area (Å²) in [5, 5.41) is 0. The molecule has 0 bridgehead atoms.